The molecule has 0 amide bonds. The van der Waals surface area contributed by atoms with Crippen molar-refractivity contribution in [3.8, 4) is 0 Å². The van der Waals surface area contributed by atoms with Crippen molar-refractivity contribution < 1.29 is 9.53 Å². The zero-order valence-electron chi connectivity index (χ0n) is 12.1. The number of hydrogen-bond acceptors (Lipinski definition) is 5. The molecule has 0 bridgehead atoms. The summed E-state index contributed by atoms with van der Waals surface area (Å²) in [7, 11) is 0. The van der Waals surface area contributed by atoms with E-state index in [1.54, 1.807) is 19.2 Å². The summed E-state index contributed by atoms with van der Waals surface area (Å²) < 4.78 is 4.99. The van der Waals surface area contributed by atoms with Gasteiger partial charge in [0.1, 0.15) is 5.03 Å². The van der Waals surface area contributed by atoms with Crippen LogP contribution in [-0.2, 0) is 10.5 Å². The van der Waals surface area contributed by atoms with Gasteiger partial charge in [-0.3, -0.25) is 0 Å². The monoisotopic (exact) mass is 302 g/mol. The van der Waals surface area contributed by atoms with Gasteiger partial charge in [0.2, 0.25) is 0 Å². The molecule has 0 spiro atoms. The highest BCUT2D eigenvalue weighted by Gasteiger charge is 2.15. The van der Waals surface area contributed by atoms with Crippen LogP contribution in [0.25, 0.3) is 0 Å². The van der Waals surface area contributed by atoms with Gasteiger partial charge in [0.15, 0.2) is 0 Å². The molecule has 0 aliphatic carbocycles. The first kappa shape index (κ1) is 15.4. The summed E-state index contributed by atoms with van der Waals surface area (Å²) in [6.07, 6.45) is 1.59. The summed E-state index contributed by atoms with van der Waals surface area (Å²) in [5.74, 6) is 0.353. The van der Waals surface area contributed by atoms with Gasteiger partial charge in [-0.25, -0.2) is 9.78 Å². The number of benzene rings is 1. The zero-order valence-corrected chi connectivity index (χ0v) is 12.9. The second-order valence-corrected chi connectivity index (χ2v) is 5.48. The maximum atomic E-state index is 11.8. The third kappa shape index (κ3) is 3.76. The quantitative estimate of drug-likeness (QED) is 0.677. The van der Waals surface area contributed by atoms with Gasteiger partial charge < -0.3 is 10.5 Å². The molecule has 0 aliphatic heterocycles. The van der Waals surface area contributed by atoms with E-state index in [0.29, 0.717) is 22.9 Å². The van der Waals surface area contributed by atoms with Gasteiger partial charge in [0, 0.05) is 11.9 Å². The number of nitrogens with zero attached hydrogens (tertiary/aromatic N) is 1. The lowest BCUT2D eigenvalue weighted by atomic mass is 10.1. The number of thioether (sulfide) groups is 1. The smallest absolute Gasteiger partial charge is 0.340 e. The Kier molecular flexibility index (Phi) is 5.22. The number of aryl methyl sites for hydroxylation is 1. The molecule has 0 atom stereocenters. The van der Waals surface area contributed by atoms with Crippen LogP contribution in [-0.4, -0.2) is 17.6 Å². The molecule has 0 radical (unpaired) electrons. The predicted octanol–water partition coefficient (Wildman–Crippen LogP) is 3.44. The van der Waals surface area contributed by atoms with Crippen molar-refractivity contribution >= 4 is 23.4 Å². The third-order valence-electron chi connectivity index (χ3n) is 3.07. The topological polar surface area (TPSA) is 65.2 Å². The lowest BCUT2D eigenvalue weighted by Crippen LogP contribution is -2.09. The van der Waals surface area contributed by atoms with E-state index in [1.165, 1.54) is 22.9 Å². The van der Waals surface area contributed by atoms with Crippen LogP contribution < -0.4 is 5.73 Å². The van der Waals surface area contributed by atoms with Gasteiger partial charge in [0.25, 0.3) is 0 Å². The van der Waals surface area contributed by atoms with Gasteiger partial charge >= 0.3 is 5.97 Å². The molecule has 2 N–H and O–H groups in total. The number of carbonyl (C=O) groups excluding carboxylic acids is 1. The highest BCUT2D eigenvalue weighted by atomic mass is 32.2. The second kappa shape index (κ2) is 7.13. The Balaban J connectivity index is 2.16. The van der Waals surface area contributed by atoms with Crippen molar-refractivity contribution in [3.63, 3.8) is 0 Å². The fraction of sp³-hybridized carbons (Fsp3) is 0.250. The number of pyridine rings is 1. The standard InChI is InChI=1S/C16H18N2O2S/c1-3-20-16(19)13-8-9-18-15(14(13)17)21-10-12-7-5-4-6-11(12)2/h4-9H,3,10,17H2,1-2H3. The number of carbonyl (C=O) groups is 1. The first-order valence-electron chi connectivity index (χ1n) is 6.72. The molecule has 1 aromatic heterocycles. The summed E-state index contributed by atoms with van der Waals surface area (Å²) in [5.41, 5.74) is 9.24. The molecule has 0 unspecified atom stereocenters. The van der Waals surface area contributed by atoms with E-state index in [9.17, 15) is 4.79 Å². The van der Waals surface area contributed by atoms with Gasteiger partial charge in [-0.2, -0.15) is 0 Å². The molecule has 21 heavy (non-hydrogen) atoms. The van der Waals surface area contributed by atoms with Crippen molar-refractivity contribution in [2.75, 3.05) is 12.3 Å². The number of rotatable bonds is 5. The Morgan fingerprint density at radius 1 is 1.33 bits per heavy atom. The minimum atomic E-state index is -0.407. The molecule has 0 saturated heterocycles. The molecule has 0 saturated carbocycles. The summed E-state index contributed by atoms with van der Waals surface area (Å²) in [4.78, 5) is 16.1. The van der Waals surface area contributed by atoms with E-state index < -0.39 is 5.97 Å². The summed E-state index contributed by atoms with van der Waals surface area (Å²) in [6, 6.07) is 9.76. The number of aromatic nitrogens is 1. The molecule has 4 nitrogen and oxygen atoms in total. The van der Waals surface area contributed by atoms with Crippen molar-refractivity contribution in [2.45, 2.75) is 24.6 Å². The zero-order chi connectivity index (χ0) is 15.2. The molecule has 0 fully saturated rings. The van der Waals surface area contributed by atoms with E-state index in [0.717, 1.165) is 5.75 Å². The summed E-state index contributed by atoms with van der Waals surface area (Å²) >= 11 is 1.52. The first-order chi connectivity index (χ1) is 10.1. The Bertz CT molecular complexity index is 644. The van der Waals surface area contributed by atoms with Crippen LogP contribution >= 0.6 is 11.8 Å². The molecular weight excluding hydrogens is 284 g/mol. The predicted molar refractivity (Wildman–Crippen MR) is 85.3 cm³/mol. The van der Waals surface area contributed by atoms with Crippen molar-refractivity contribution in [1.82, 2.24) is 4.98 Å². The lowest BCUT2D eigenvalue weighted by molar-refractivity contribution is 0.0527. The maximum Gasteiger partial charge on any atom is 0.340 e. The lowest BCUT2D eigenvalue weighted by Gasteiger charge is -2.10. The fourth-order valence-corrected chi connectivity index (χ4v) is 2.89. The SMILES string of the molecule is CCOC(=O)c1ccnc(SCc2ccccc2C)c1N. The van der Waals surface area contributed by atoms with Gasteiger partial charge in [-0.15, -0.1) is 0 Å². The number of hydrogen-bond donors (Lipinski definition) is 1. The highest BCUT2D eigenvalue weighted by molar-refractivity contribution is 7.98. The Morgan fingerprint density at radius 3 is 2.81 bits per heavy atom. The summed E-state index contributed by atoms with van der Waals surface area (Å²) in [6.45, 7) is 4.16. The molecule has 2 aromatic rings. The summed E-state index contributed by atoms with van der Waals surface area (Å²) in [5, 5.41) is 0.656. The number of esters is 1. The van der Waals surface area contributed by atoms with Crippen LogP contribution in [0.15, 0.2) is 41.6 Å². The molecule has 2 rings (SSSR count). The maximum absolute atomic E-state index is 11.8. The number of ether oxygens (including phenoxy) is 1. The van der Waals surface area contributed by atoms with E-state index in [1.807, 2.05) is 12.1 Å². The molecule has 5 heteroatoms. The number of nitrogen functional groups attached to an aromatic ring is 1. The fourth-order valence-electron chi connectivity index (χ4n) is 1.87. The molecule has 1 heterocycles. The van der Waals surface area contributed by atoms with E-state index >= 15 is 0 Å². The third-order valence-corrected chi connectivity index (χ3v) is 4.13. The van der Waals surface area contributed by atoms with Crippen molar-refractivity contribution in [1.29, 1.82) is 0 Å². The minimum absolute atomic E-state index is 0.326. The van der Waals surface area contributed by atoms with E-state index in [-0.39, 0.29) is 0 Å². The largest absolute Gasteiger partial charge is 0.462 e. The normalized spacial score (nSPS) is 10.4. The number of nitrogens with two attached hydrogens (primary N) is 1. The number of anilines is 1. The molecule has 0 aliphatic rings. The Morgan fingerprint density at radius 2 is 2.10 bits per heavy atom. The van der Waals surface area contributed by atoms with Gasteiger partial charge in [-0.1, -0.05) is 36.0 Å². The average molecular weight is 302 g/mol. The van der Waals surface area contributed by atoms with Crippen molar-refractivity contribution in [3.05, 3.63) is 53.2 Å². The van der Waals surface area contributed by atoms with Crippen LogP contribution in [0.5, 0.6) is 0 Å². The highest BCUT2D eigenvalue weighted by Crippen LogP contribution is 2.29. The molecular formula is C16H18N2O2S. The minimum Gasteiger partial charge on any atom is -0.462 e. The van der Waals surface area contributed by atoms with Crippen LogP contribution in [0.2, 0.25) is 0 Å². The van der Waals surface area contributed by atoms with Crippen LogP contribution in [0.1, 0.15) is 28.4 Å². The second-order valence-electron chi connectivity index (χ2n) is 4.51. The average Bonchev–Trinajstić information content (AvgIpc) is 2.48. The Labute approximate surface area is 128 Å². The Hall–Kier alpha value is -2.01. The van der Waals surface area contributed by atoms with Crippen LogP contribution in [0.3, 0.4) is 0 Å². The van der Waals surface area contributed by atoms with Gasteiger partial charge in [-0.05, 0) is 31.0 Å². The van der Waals surface area contributed by atoms with E-state index in [2.05, 4.69) is 24.0 Å². The molecule has 110 valence electrons. The molecule has 1 aromatic carbocycles. The van der Waals surface area contributed by atoms with Gasteiger partial charge in [0.05, 0.1) is 17.9 Å². The first-order valence-corrected chi connectivity index (χ1v) is 7.71. The van der Waals surface area contributed by atoms with Crippen LogP contribution in [0.4, 0.5) is 5.69 Å². The van der Waals surface area contributed by atoms with Crippen molar-refractivity contribution in [2.24, 2.45) is 0 Å². The van der Waals surface area contributed by atoms with Crippen LogP contribution in [0, 0.1) is 6.92 Å². The van der Waals surface area contributed by atoms with E-state index in [4.69, 9.17) is 10.5 Å².